The van der Waals surface area contributed by atoms with Gasteiger partial charge in [0.1, 0.15) is 5.75 Å². The third kappa shape index (κ3) is 7.25. The van der Waals surface area contributed by atoms with Gasteiger partial charge in [0, 0.05) is 50.1 Å². The Bertz CT molecular complexity index is 1170. The Kier molecular flexibility index (Phi) is 9.67. The Hall–Kier alpha value is -2.54. The van der Waals surface area contributed by atoms with Crippen molar-refractivity contribution < 1.29 is 14.3 Å². The third-order valence-electron chi connectivity index (χ3n) is 6.37. The zero-order valence-corrected chi connectivity index (χ0v) is 22.2. The molecule has 1 aliphatic heterocycles. The second-order valence-electron chi connectivity index (χ2n) is 9.04. The van der Waals surface area contributed by atoms with Crippen LogP contribution in [0.1, 0.15) is 39.0 Å². The number of ether oxygens (including phenoxy) is 2. The van der Waals surface area contributed by atoms with Crippen molar-refractivity contribution in [2.75, 3.05) is 44.2 Å². The van der Waals surface area contributed by atoms with Gasteiger partial charge in [-0.1, -0.05) is 42.6 Å². The SMILES string of the molecule is CCCCC(=O)Oc1ccc2ccc(OCCCCN3CCN(c4cccc(Cl)c4Cl)CC3)cc2n1. The van der Waals surface area contributed by atoms with Crippen LogP contribution in [0.15, 0.2) is 48.5 Å². The van der Waals surface area contributed by atoms with E-state index in [4.69, 9.17) is 32.7 Å². The van der Waals surface area contributed by atoms with Crippen LogP contribution in [-0.2, 0) is 4.79 Å². The number of nitrogens with zero attached hydrogens (tertiary/aromatic N) is 3. The monoisotopic (exact) mass is 529 g/mol. The van der Waals surface area contributed by atoms with Crippen LogP contribution in [0.2, 0.25) is 10.0 Å². The van der Waals surface area contributed by atoms with Crippen molar-refractivity contribution in [2.24, 2.45) is 0 Å². The first-order valence-electron chi connectivity index (χ1n) is 12.7. The summed E-state index contributed by atoms with van der Waals surface area (Å²) in [6, 6.07) is 15.3. The first-order chi connectivity index (χ1) is 17.5. The molecule has 1 aromatic heterocycles. The molecule has 0 aliphatic carbocycles. The highest BCUT2D eigenvalue weighted by Gasteiger charge is 2.19. The Balaban J connectivity index is 1.18. The molecule has 3 aromatic rings. The summed E-state index contributed by atoms with van der Waals surface area (Å²) in [6.07, 6.45) is 4.23. The minimum absolute atomic E-state index is 0.245. The second kappa shape index (κ2) is 13.1. The van der Waals surface area contributed by atoms with E-state index in [1.807, 2.05) is 49.4 Å². The number of halogens is 2. The van der Waals surface area contributed by atoms with Gasteiger partial charge in [-0.15, -0.1) is 0 Å². The van der Waals surface area contributed by atoms with E-state index < -0.39 is 0 Å². The number of hydrogen-bond acceptors (Lipinski definition) is 6. The van der Waals surface area contributed by atoms with Crippen molar-refractivity contribution in [1.82, 2.24) is 9.88 Å². The number of pyridine rings is 1. The maximum absolute atomic E-state index is 11.9. The van der Waals surface area contributed by atoms with Gasteiger partial charge in [0.25, 0.3) is 0 Å². The van der Waals surface area contributed by atoms with E-state index in [1.54, 1.807) is 6.07 Å². The number of fused-ring (bicyclic) bond motifs is 1. The van der Waals surface area contributed by atoms with Crippen LogP contribution in [0.5, 0.6) is 11.6 Å². The average Bonchev–Trinajstić information content (AvgIpc) is 2.89. The summed E-state index contributed by atoms with van der Waals surface area (Å²) in [4.78, 5) is 21.2. The fraction of sp³-hybridized carbons (Fsp3) is 0.429. The largest absolute Gasteiger partial charge is 0.494 e. The standard InChI is InChI=1S/C28H33Cl2N3O3/c1-2-3-9-27(34)36-26-13-11-21-10-12-22(20-24(21)31-26)35-19-5-4-14-32-15-17-33(18-16-32)25-8-6-7-23(29)28(25)30/h6-8,10-13,20H,2-5,9,14-19H2,1H3. The lowest BCUT2D eigenvalue weighted by atomic mass is 10.2. The summed E-state index contributed by atoms with van der Waals surface area (Å²) in [5.74, 6) is 0.862. The summed E-state index contributed by atoms with van der Waals surface area (Å²) in [6.45, 7) is 7.63. The quantitative estimate of drug-likeness (QED) is 0.205. The minimum Gasteiger partial charge on any atom is -0.494 e. The topological polar surface area (TPSA) is 54.9 Å². The van der Waals surface area contributed by atoms with Crippen LogP contribution in [0.4, 0.5) is 5.69 Å². The number of unbranched alkanes of at least 4 members (excludes halogenated alkanes) is 2. The maximum atomic E-state index is 11.9. The molecule has 4 rings (SSSR count). The summed E-state index contributed by atoms with van der Waals surface area (Å²) < 4.78 is 11.3. The third-order valence-corrected chi connectivity index (χ3v) is 7.18. The van der Waals surface area contributed by atoms with Gasteiger partial charge in [-0.3, -0.25) is 9.69 Å². The van der Waals surface area contributed by atoms with Crippen molar-refractivity contribution in [2.45, 2.75) is 39.0 Å². The Morgan fingerprint density at radius 3 is 2.61 bits per heavy atom. The highest BCUT2D eigenvalue weighted by molar-refractivity contribution is 6.43. The molecule has 0 saturated carbocycles. The first-order valence-corrected chi connectivity index (χ1v) is 13.4. The second-order valence-corrected chi connectivity index (χ2v) is 9.82. The molecule has 0 atom stereocenters. The van der Waals surface area contributed by atoms with Crippen molar-refractivity contribution >= 4 is 45.8 Å². The lowest BCUT2D eigenvalue weighted by Gasteiger charge is -2.36. The van der Waals surface area contributed by atoms with Crippen molar-refractivity contribution in [3.05, 3.63) is 58.6 Å². The highest BCUT2D eigenvalue weighted by atomic mass is 35.5. The molecular formula is C28H33Cl2N3O3. The molecule has 1 saturated heterocycles. The number of hydrogen-bond donors (Lipinski definition) is 0. The number of benzene rings is 2. The van der Waals surface area contributed by atoms with E-state index in [0.717, 1.165) is 80.7 Å². The maximum Gasteiger partial charge on any atom is 0.312 e. The summed E-state index contributed by atoms with van der Waals surface area (Å²) >= 11 is 12.6. The lowest BCUT2D eigenvalue weighted by molar-refractivity contribution is -0.134. The first kappa shape index (κ1) is 26.5. The van der Waals surface area contributed by atoms with E-state index >= 15 is 0 Å². The van der Waals surface area contributed by atoms with Crippen LogP contribution < -0.4 is 14.4 Å². The molecule has 6 nitrogen and oxygen atoms in total. The molecule has 192 valence electrons. The average molecular weight is 530 g/mol. The van der Waals surface area contributed by atoms with Gasteiger partial charge in [0.15, 0.2) is 0 Å². The van der Waals surface area contributed by atoms with Gasteiger partial charge in [-0.25, -0.2) is 4.98 Å². The van der Waals surface area contributed by atoms with Gasteiger partial charge in [-0.2, -0.15) is 0 Å². The minimum atomic E-state index is -0.245. The Labute approximate surface area is 223 Å². The molecule has 2 heterocycles. The molecule has 1 aliphatic rings. The summed E-state index contributed by atoms with van der Waals surface area (Å²) in [7, 11) is 0. The number of piperazine rings is 1. The zero-order chi connectivity index (χ0) is 25.3. The number of rotatable bonds is 11. The van der Waals surface area contributed by atoms with Crippen LogP contribution in [0, 0.1) is 0 Å². The smallest absolute Gasteiger partial charge is 0.312 e. The molecular weight excluding hydrogens is 497 g/mol. The van der Waals surface area contributed by atoms with Gasteiger partial charge < -0.3 is 14.4 Å². The number of carbonyl (C=O) groups excluding carboxylic acids is 1. The van der Waals surface area contributed by atoms with Crippen molar-refractivity contribution in [3.63, 3.8) is 0 Å². The van der Waals surface area contributed by atoms with Gasteiger partial charge >= 0.3 is 5.97 Å². The molecule has 0 N–H and O–H groups in total. The van der Waals surface area contributed by atoms with E-state index in [9.17, 15) is 4.79 Å². The van der Waals surface area contributed by atoms with Gasteiger partial charge in [-0.05, 0) is 56.1 Å². The molecule has 0 amide bonds. The van der Waals surface area contributed by atoms with Crippen molar-refractivity contribution in [1.29, 1.82) is 0 Å². The Morgan fingerprint density at radius 1 is 1.00 bits per heavy atom. The number of aromatic nitrogens is 1. The molecule has 0 radical (unpaired) electrons. The van der Waals surface area contributed by atoms with Crippen LogP contribution in [0.25, 0.3) is 10.9 Å². The van der Waals surface area contributed by atoms with Crippen LogP contribution >= 0.6 is 23.2 Å². The molecule has 0 unspecified atom stereocenters. The van der Waals surface area contributed by atoms with E-state index in [-0.39, 0.29) is 5.97 Å². The fourth-order valence-electron chi connectivity index (χ4n) is 4.29. The molecule has 2 aromatic carbocycles. The molecule has 0 bridgehead atoms. The van der Waals surface area contributed by atoms with E-state index in [1.165, 1.54) is 0 Å². The van der Waals surface area contributed by atoms with Crippen molar-refractivity contribution in [3.8, 4) is 11.6 Å². The lowest BCUT2D eigenvalue weighted by Crippen LogP contribution is -2.46. The fourth-order valence-corrected chi connectivity index (χ4v) is 4.71. The van der Waals surface area contributed by atoms with Crippen LogP contribution in [-0.4, -0.2) is 55.2 Å². The zero-order valence-electron chi connectivity index (χ0n) is 20.7. The molecule has 36 heavy (non-hydrogen) atoms. The normalized spacial score (nSPS) is 14.2. The van der Waals surface area contributed by atoms with E-state index in [0.29, 0.717) is 29.0 Å². The molecule has 8 heteroatoms. The van der Waals surface area contributed by atoms with Gasteiger partial charge in [0.05, 0.1) is 27.9 Å². The molecule has 0 spiro atoms. The number of carbonyl (C=O) groups is 1. The van der Waals surface area contributed by atoms with E-state index in [2.05, 4.69) is 14.8 Å². The van der Waals surface area contributed by atoms with Crippen LogP contribution in [0.3, 0.4) is 0 Å². The summed E-state index contributed by atoms with van der Waals surface area (Å²) in [5.41, 5.74) is 1.77. The summed E-state index contributed by atoms with van der Waals surface area (Å²) in [5, 5.41) is 2.22. The predicted octanol–water partition coefficient (Wildman–Crippen LogP) is 6.62. The highest BCUT2D eigenvalue weighted by Crippen LogP contribution is 2.33. The number of esters is 1. The molecule has 1 fully saturated rings. The Morgan fingerprint density at radius 2 is 1.81 bits per heavy atom. The predicted molar refractivity (Wildman–Crippen MR) is 147 cm³/mol. The van der Waals surface area contributed by atoms with Gasteiger partial charge in [0.2, 0.25) is 5.88 Å². The number of anilines is 1.